The van der Waals surface area contributed by atoms with Crippen LogP contribution in [0.15, 0.2) is 12.3 Å². The van der Waals surface area contributed by atoms with Crippen LogP contribution in [0.5, 0.6) is 0 Å². The Balaban J connectivity index is 1.89. The Morgan fingerprint density at radius 3 is 2.94 bits per heavy atom. The molecule has 3 nitrogen and oxygen atoms in total. The lowest BCUT2D eigenvalue weighted by molar-refractivity contribution is -0.122. The van der Waals surface area contributed by atoms with E-state index in [1.54, 1.807) is 4.68 Å². The van der Waals surface area contributed by atoms with Crippen LogP contribution in [0.3, 0.4) is 0 Å². The van der Waals surface area contributed by atoms with Crippen LogP contribution in [-0.2, 0) is 18.3 Å². The maximum Gasteiger partial charge on any atom is 0.141 e. The minimum absolute atomic E-state index is 0.298. The van der Waals surface area contributed by atoms with E-state index in [1.807, 2.05) is 19.3 Å². The molecule has 1 saturated carbocycles. The molecule has 16 heavy (non-hydrogen) atoms. The SMILES string of the molecule is CCC1CCC(C(=O)Cc2ccn(C)n2)C1. The monoisotopic (exact) mass is 220 g/mol. The van der Waals surface area contributed by atoms with Gasteiger partial charge in [-0.25, -0.2) is 0 Å². The number of aryl methyl sites for hydroxylation is 1. The first kappa shape index (κ1) is 11.4. The zero-order valence-electron chi connectivity index (χ0n) is 10.1. The quantitative estimate of drug-likeness (QED) is 0.780. The van der Waals surface area contributed by atoms with Gasteiger partial charge in [-0.2, -0.15) is 5.10 Å². The standard InChI is InChI=1S/C13H20N2O/c1-3-10-4-5-11(8-10)13(16)9-12-6-7-15(2)14-12/h6-7,10-11H,3-5,8-9H2,1-2H3. The number of aromatic nitrogens is 2. The minimum Gasteiger partial charge on any atom is -0.299 e. The summed E-state index contributed by atoms with van der Waals surface area (Å²) in [5, 5.41) is 4.26. The number of carbonyl (C=O) groups is 1. The molecule has 0 saturated heterocycles. The third kappa shape index (κ3) is 2.52. The molecular formula is C13H20N2O. The van der Waals surface area contributed by atoms with Gasteiger partial charge in [0, 0.05) is 19.2 Å². The van der Waals surface area contributed by atoms with Gasteiger partial charge in [0.1, 0.15) is 5.78 Å². The lowest BCUT2D eigenvalue weighted by Gasteiger charge is -2.07. The van der Waals surface area contributed by atoms with Crippen molar-refractivity contribution in [3.63, 3.8) is 0 Å². The third-order valence-corrected chi connectivity index (χ3v) is 3.70. The van der Waals surface area contributed by atoms with Crippen LogP contribution >= 0.6 is 0 Å². The van der Waals surface area contributed by atoms with Crippen molar-refractivity contribution in [1.82, 2.24) is 9.78 Å². The largest absolute Gasteiger partial charge is 0.299 e. The number of rotatable bonds is 4. The summed E-state index contributed by atoms with van der Waals surface area (Å²) in [6.07, 6.45) is 7.04. The highest BCUT2D eigenvalue weighted by molar-refractivity contribution is 5.83. The van der Waals surface area contributed by atoms with E-state index >= 15 is 0 Å². The summed E-state index contributed by atoms with van der Waals surface area (Å²) in [6.45, 7) is 2.22. The Morgan fingerprint density at radius 1 is 1.56 bits per heavy atom. The van der Waals surface area contributed by atoms with Crippen molar-refractivity contribution in [1.29, 1.82) is 0 Å². The van der Waals surface area contributed by atoms with Gasteiger partial charge in [-0.3, -0.25) is 9.48 Å². The van der Waals surface area contributed by atoms with Crippen LogP contribution < -0.4 is 0 Å². The zero-order chi connectivity index (χ0) is 11.5. The van der Waals surface area contributed by atoms with Crippen LogP contribution in [0.2, 0.25) is 0 Å². The molecule has 2 unspecified atom stereocenters. The van der Waals surface area contributed by atoms with Crippen molar-refractivity contribution in [3.05, 3.63) is 18.0 Å². The molecule has 1 heterocycles. The van der Waals surface area contributed by atoms with Gasteiger partial charge >= 0.3 is 0 Å². The summed E-state index contributed by atoms with van der Waals surface area (Å²) >= 11 is 0. The van der Waals surface area contributed by atoms with E-state index in [1.165, 1.54) is 12.8 Å². The van der Waals surface area contributed by atoms with Crippen molar-refractivity contribution in [3.8, 4) is 0 Å². The summed E-state index contributed by atoms with van der Waals surface area (Å²) in [5.74, 6) is 1.46. The smallest absolute Gasteiger partial charge is 0.141 e. The topological polar surface area (TPSA) is 34.9 Å². The number of carbonyl (C=O) groups excluding carboxylic acids is 1. The Kier molecular flexibility index (Phi) is 3.42. The fraction of sp³-hybridized carbons (Fsp3) is 0.692. The van der Waals surface area contributed by atoms with E-state index in [9.17, 15) is 4.79 Å². The highest BCUT2D eigenvalue weighted by atomic mass is 16.1. The molecule has 0 aromatic carbocycles. The molecule has 0 N–H and O–H groups in total. The molecule has 88 valence electrons. The van der Waals surface area contributed by atoms with Crippen molar-refractivity contribution in [2.75, 3.05) is 0 Å². The van der Waals surface area contributed by atoms with E-state index in [2.05, 4.69) is 12.0 Å². The Hall–Kier alpha value is -1.12. The molecular weight excluding hydrogens is 200 g/mol. The van der Waals surface area contributed by atoms with E-state index in [4.69, 9.17) is 0 Å². The summed E-state index contributed by atoms with van der Waals surface area (Å²) in [7, 11) is 1.89. The van der Waals surface area contributed by atoms with Gasteiger partial charge < -0.3 is 0 Å². The second-order valence-electron chi connectivity index (χ2n) is 4.91. The fourth-order valence-corrected chi connectivity index (χ4v) is 2.62. The third-order valence-electron chi connectivity index (χ3n) is 3.70. The van der Waals surface area contributed by atoms with Crippen molar-refractivity contribution in [2.45, 2.75) is 39.0 Å². The van der Waals surface area contributed by atoms with E-state index in [0.29, 0.717) is 18.1 Å². The predicted octanol–water partition coefficient (Wildman–Crippen LogP) is 2.36. The number of ketones is 1. The number of Topliss-reactive ketones (excluding diaryl/α,β-unsaturated/α-hetero) is 1. The van der Waals surface area contributed by atoms with Crippen molar-refractivity contribution < 1.29 is 4.79 Å². The summed E-state index contributed by atoms with van der Waals surface area (Å²) < 4.78 is 1.76. The summed E-state index contributed by atoms with van der Waals surface area (Å²) in [5.41, 5.74) is 0.910. The second kappa shape index (κ2) is 4.81. The van der Waals surface area contributed by atoms with Gasteiger partial charge in [0.05, 0.1) is 12.1 Å². The van der Waals surface area contributed by atoms with Crippen LogP contribution in [-0.4, -0.2) is 15.6 Å². The average molecular weight is 220 g/mol. The van der Waals surface area contributed by atoms with Gasteiger partial charge in [-0.1, -0.05) is 13.3 Å². The maximum absolute atomic E-state index is 12.0. The van der Waals surface area contributed by atoms with Gasteiger partial charge in [-0.05, 0) is 31.2 Å². The Labute approximate surface area is 96.8 Å². The first-order valence-corrected chi connectivity index (χ1v) is 6.20. The summed E-state index contributed by atoms with van der Waals surface area (Å²) in [4.78, 5) is 12.0. The van der Waals surface area contributed by atoms with E-state index in [0.717, 1.165) is 24.5 Å². The van der Waals surface area contributed by atoms with E-state index in [-0.39, 0.29) is 0 Å². The van der Waals surface area contributed by atoms with Crippen LogP contribution in [0.25, 0.3) is 0 Å². The molecule has 0 aliphatic heterocycles. The van der Waals surface area contributed by atoms with Crippen LogP contribution in [0.1, 0.15) is 38.3 Å². The molecule has 1 aliphatic rings. The van der Waals surface area contributed by atoms with Gasteiger partial charge in [0.15, 0.2) is 0 Å². The molecule has 0 spiro atoms. The van der Waals surface area contributed by atoms with Gasteiger partial charge in [0.2, 0.25) is 0 Å². The first-order valence-electron chi connectivity index (χ1n) is 6.20. The highest BCUT2D eigenvalue weighted by Crippen LogP contribution is 2.33. The van der Waals surface area contributed by atoms with Gasteiger partial charge in [-0.15, -0.1) is 0 Å². The highest BCUT2D eigenvalue weighted by Gasteiger charge is 2.28. The summed E-state index contributed by atoms with van der Waals surface area (Å²) in [6, 6.07) is 1.93. The minimum atomic E-state index is 0.298. The number of hydrogen-bond donors (Lipinski definition) is 0. The molecule has 1 aromatic heterocycles. The van der Waals surface area contributed by atoms with Crippen molar-refractivity contribution in [2.24, 2.45) is 18.9 Å². The predicted molar refractivity (Wildman–Crippen MR) is 63.0 cm³/mol. The lowest BCUT2D eigenvalue weighted by Crippen LogP contribution is -2.14. The van der Waals surface area contributed by atoms with Crippen LogP contribution in [0, 0.1) is 11.8 Å². The van der Waals surface area contributed by atoms with E-state index < -0.39 is 0 Å². The zero-order valence-corrected chi connectivity index (χ0v) is 10.1. The number of nitrogens with zero attached hydrogens (tertiary/aromatic N) is 2. The molecule has 0 amide bonds. The van der Waals surface area contributed by atoms with Crippen molar-refractivity contribution >= 4 is 5.78 Å². The maximum atomic E-state index is 12.0. The molecule has 3 heteroatoms. The molecule has 2 rings (SSSR count). The Bertz CT molecular complexity index is 370. The fourth-order valence-electron chi connectivity index (χ4n) is 2.62. The lowest BCUT2D eigenvalue weighted by atomic mass is 9.96. The number of hydrogen-bond acceptors (Lipinski definition) is 2. The Morgan fingerprint density at radius 2 is 2.38 bits per heavy atom. The normalized spacial score (nSPS) is 24.9. The molecule has 1 aromatic rings. The van der Waals surface area contributed by atoms with Gasteiger partial charge in [0.25, 0.3) is 0 Å². The first-order chi connectivity index (χ1) is 7.69. The second-order valence-corrected chi connectivity index (χ2v) is 4.91. The molecule has 1 fully saturated rings. The molecule has 0 bridgehead atoms. The van der Waals surface area contributed by atoms with Crippen LogP contribution in [0.4, 0.5) is 0 Å². The average Bonchev–Trinajstić information content (AvgIpc) is 2.87. The molecule has 0 radical (unpaired) electrons. The molecule has 2 atom stereocenters. The molecule has 1 aliphatic carbocycles.